The van der Waals surface area contributed by atoms with E-state index >= 15 is 0 Å². The fourth-order valence-corrected chi connectivity index (χ4v) is 1.86. The molecule has 5 heteroatoms. The molecule has 0 amide bonds. The van der Waals surface area contributed by atoms with Crippen LogP contribution in [-0.4, -0.2) is 24.8 Å². The van der Waals surface area contributed by atoms with Crippen LogP contribution in [0, 0.1) is 17.2 Å². The van der Waals surface area contributed by atoms with Crippen molar-refractivity contribution in [1.82, 2.24) is 4.98 Å². The quantitative estimate of drug-likeness (QED) is 0.852. The van der Waals surface area contributed by atoms with Crippen molar-refractivity contribution in [3.8, 4) is 11.9 Å². The number of halogens is 1. The van der Waals surface area contributed by atoms with Crippen LogP contribution in [0.1, 0.15) is 12.0 Å². The van der Waals surface area contributed by atoms with Crippen molar-refractivity contribution in [2.75, 3.05) is 19.8 Å². The lowest BCUT2D eigenvalue weighted by Gasteiger charge is -2.10. The van der Waals surface area contributed by atoms with Gasteiger partial charge in [-0.15, -0.1) is 0 Å². The van der Waals surface area contributed by atoms with E-state index < -0.39 is 0 Å². The van der Waals surface area contributed by atoms with Crippen molar-refractivity contribution in [3.63, 3.8) is 0 Å². The van der Waals surface area contributed by atoms with Crippen molar-refractivity contribution in [1.29, 1.82) is 5.26 Å². The van der Waals surface area contributed by atoms with E-state index in [-0.39, 0.29) is 0 Å². The summed E-state index contributed by atoms with van der Waals surface area (Å²) in [7, 11) is 0. The Balaban J connectivity index is 2.00. The molecule has 0 aromatic carbocycles. The Labute approximate surface area is 102 Å². The Morgan fingerprint density at radius 2 is 2.56 bits per heavy atom. The van der Waals surface area contributed by atoms with E-state index in [1.54, 1.807) is 12.3 Å². The van der Waals surface area contributed by atoms with Gasteiger partial charge in [0.25, 0.3) is 0 Å². The molecule has 0 saturated carbocycles. The maximum Gasteiger partial charge on any atom is 0.231 e. The highest BCUT2D eigenvalue weighted by Gasteiger charge is 2.17. The summed E-state index contributed by atoms with van der Waals surface area (Å²) in [6.07, 6.45) is 2.64. The summed E-state index contributed by atoms with van der Waals surface area (Å²) in [5.74, 6) is 0.814. The maximum atomic E-state index is 8.92. The summed E-state index contributed by atoms with van der Waals surface area (Å²) in [6.45, 7) is 2.09. The number of hydrogen-bond donors (Lipinski definition) is 0. The first-order valence-electron chi connectivity index (χ1n) is 5.06. The van der Waals surface area contributed by atoms with Crippen LogP contribution in [0.5, 0.6) is 5.88 Å². The summed E-state index contributed by atoms with van der Waals surface area (Å²) in [6, 6.07) is 3.76. The molecule has 1 unspecified atom stereocenters. The maximum absolute atomic E-state index is 8.92. The summed E-state index contributed by atoms with van der Waals surface area (Å²) in [5, 5.41) is 8.92. The molecule has 0 bridgehead atoms. The molecule has 2 rings (SSSR count). The molecule has 2 heterocycles. The summed E-state index contributed by atoms with van der Waals surface area (Å²) in [5.41, 5.74) is 0.452. The molecule has 84 valence electrons. The van der Waals surface area contributed by atoms with Crippen molar-refractivity contribution in [2.24, 2.45) is 5.92 Å². The predicted molar refractivity (Wildman–Crippen MR) is 61.1 cm³/mol. The topological polar surface area (TPSA) is 55.1 Å². The third-order valence-corrected chi connectivity index (χ3v) is 2.85. The summed E-state index contributed by atoms with van der Waals surface area (Å²) in [4.78, 5) is 4.08. The van der Waals surface area contributed by atoms with E-state index in [0.717, 1.165) is 24.1 Å². The molecule has 1 fully saturated rings. The van der Waals surface area contributed by atoms with Crippen LogP contribution in [0.2, 0.25) is 0 Å². The second kappa shape index (κ2) is 5.28. The third-order valence-electron chi connectivity index (χ3n) is 2.42. The van der Waals surface area contributed by atoms with E-state index in [1.807, 2.05) is 0 Å². The number of rotatable bonds is 3. The second-order valence-corrected chi connectivity index (χ2v) is 4.57. The number of nitriles is 1. The van der Waals surface area contributed by atoms with E-state index in [9.17, 15) is 0 Å². The Morgan fingerprint density at radius 1 is 1.69 bits per heavy atom. The molecule has 1 aromatic heterocycles. The van der Waals surface area contributed by atoms with Crippen LogP contribution in [0.4, 0.5) is 0 Å². The highest BCUT2D eigenvalue weighted by Crippen LogP contribution is 2.21. The van der Waals surface area contributed by atoms with Gasteiger partial charge in [-0.1, -0.05) is 0 Å². The molecule has 1 saturated heterocycles. The minimum Gasteiger partial charge on any atom is -0.476 e. The molecule has 1 aliphatic rings. The Kier molecular flexibility index (Phi) is 3.75. The van der Waals surface area contributed by atoms with Gasteiger partial charge in [0.1, 0.15) is 11.6 Å². The normalized spacial score (nSPS) is 19.4. The lowest BCUT2D eigenvalue weighted by atomic mass is 10.1. The first-order valence-corrected chi connectivity index (χ1v) is 5.85. The lowest BCUT2D eigenvalue weighted by molar-refractivity contribution is 0.165. The average molecular weight is 283 g/mol. The van der Waals surface area contributed by atoms with Crippen LogP contribution in [0.25, 0.3) is 0 Å². The molecule has 0 spiro atoms. The molecule has 0 N–H and O–H groups in total. The van der Waals surface area contributed by atoms with Crippen molar-refractivity contribution < 1.29 is 9.47 Å². The Hall–Kier alpha value is -1.12. The summed E-state index contributed by atoms with van der Waals surface area (Å²) >= 11 is 3.27. The van der Waals surface area contributed by atoms with E-state index in [0.29, 0.717) is 24.0 Å². The third kappa shape index (κ3) is 2.71. The molecule has 4 nitrogen and oxygen atoms in total. The van der Waals surface area contributed by atoms with Gasteiger partial charge in [-0.05, 0) is 28.4 Å². The molecule has 1 aliphatic heterocycles. The molecule has 1 aromatic rings. The molecule has 0 radical (unpaired) electrons. The molecule has 16 heavy (non-hydrogen) atoms. The lowest BCUT2D eigenvalue weighted by Crippen LogP contribution is -2.12. The standard InChI is InChI=1S/C11H11BrN2O2/c12-10-3-9(4-13)11(14-5-10)16-7-8-1-2-15-6-8/h3,5,8H,1-2,6-7H2. The van der Waals surface area contributed by atoms with E-state index in [1.165, 1.54) is 0 Å². The monoisotopic (exact) mass is 282 g/mol. The van der Waals surface area contributed by atoms with Crippen LogP contribution in [0.15, 0.2) is 16.7 Å². The van der Waals surface area contributed by atoms with E-state index in [4.69, 9.17) is 14.7 Å². The zero-order valence-corrected chi connectivity index (χ0v) is 10.2. The van der Waals surface area contributed by atoms with Crippen molar-refractivity contribution in [2.45, 2.75) is 6.42 Å². The summed E-state index contributed by atoms with van der Waals surface area (Å²) < 4.78 is 11.6. The number of nitrogens with zero attached hydrogens (tertiary/aromatic N) is 2. The second-order valence-electron chi connectivity index (χ2n) is 3.66. The minimum atomic E-state index is 0.401. The van der Waals surface area contributed by atoms with Crippen LogP contribution < -0.4 is 4.74 Å². The van der Waals surface area contributed by atoms with Gasteiger partial charge in [-0.3, -0.25) is 0 Å². The number of pyridine rings is 1. The molecular weight excluding hydrogens is 272 g/mol. The first-order chi connectivity index (χ1) is 7.79. The number of ether oxygens (including phenoxy) is 2. The van der Waals surface area contributed by atoms with Crippen molar-refractivity contribution in [3.05, 3.63) is 22.3 Å². The molecular formula is C11H11BrN2O2. The van der Waals surface area contributed by atoms with Gasteiger partial charge in [0.05, 0.1) is 13.2 Å². The number of aromatic nitrogens is 1. The molecule has 1 atom stereocenters. The SMILES string of the molecule is N#Cc1cc(Br)cnc1OCC1CCOC1. The fourth-order valence-electron chi connectivity index (χ4n) is 1.53. The number of hydrogen-bond acceptors (Lipinski definition) is 4. The zero-order chi connectivity index (χ0) is 11.4. The largest absolute Gasteiger partial charge is 0.476 e. The van der Waals surface area contributed by atoms with Gasteiger partial charge in [-0.25, -0.2) is 4.98 Å². The van der Waals surface area contributed by atoms with Gasteiger partial charge < -0.3 is 9.47 Å². The van der Waals surface area contributed by atoms with Crippen molar-refractivity contribution >= 4 is 15.9 Å². The molecule has 0 aliphatic carbocycles. The van der Waals surface area contributed by atoms with Crippen LogP contribution in [-0.2, 0) is 4.74 Å². The van der Waals surface area contributed by atoms with Crippen LogP contribution in [0.3, 0.4) is 0 Å². The first kappa shape index (κ1) is 11.4. The Morgan fingerprint density at radius 3 is 3.25 bits per heavy atom. The average Bonchev–Trinajstić information content (AvgIpc) is 2.80. The van der Waals surface area contributed by atoms with E-state index in [2.05, 4.69) is 27.0 Å². The minimum absolute atomic E-state index is 0.401. The van der Waals surface area contributed by atoms with Gasteiger partial charge in [0.2, 0.25) is 5.88 Å². The zero-order valence-electron chi connectivity index (χ0n) is 8.65. The van der Waals surface area contributed by atoms with Gasteiger partial charge in [-0.2, -0.15) is 5.26 Å². The van der Waals surface area contributed by atoms with Gasteiger partial charge >= 0.3 is 0 Å². The smallest absolute Gasteiger partial charge is 0.231 e. The highest BCUT2D eigenvalue weighted by molar-refractivity contribution is 9.10. The van der Waals surface area contributed by atoms with Gasteiger partial charge in [0, 0.05) is 23.2 Å². The van der Waals surface area contributed by atoms with Gasteiger partial charge in [0.15, 0.2) is 0 Å². The highest BCUT2D eigenvalue weighted by atomic mass is 79.9. The fraction of sp³-hybridized carbons (Fsp3) is 0.455. The van der Waals surface area contributed by atoms with Crippen LogP contribution >= 0.6 is 15.9 Å². The Bertz CT molecular complexity index is 411. The predicted octanol–water partition coefficient (Wildman–Crippen LogP) is 2.13.